The van der Waals surface area contributed by atoms with E-state index >= 15 is 0 Å². The maximum absolute atomic E-state index is 11.8. The van der Waals surface area contributed by atoms with Crippen LogP contribution in [0.15, 0.2) is 18.2 Å². The molecule has 4 heteroatoms. The molecule has 20 heavy (non-hydrogen) atoms. The van der Waals surface area contributed by atoms with Crippen molar-refractivity contribution in [3.05, 3.63) is 29.3 Å². The Kier molecular flexibility index (Phi) is 4.04. The van der Waals surface area contributed by atoms with Gasteiger partial charge in [0.25, 0.3) is 0 Å². The number of carbonyl (C=O) groups excluding carboxylic acids is 1. The molecule has 2 rings (SSSR count). The molecule has 0 spiro atoms. The Bertz CT molecular complexity index is 506. The van der Waals surface area contributed by atoms with Crippen LogP contribution >= 0.6 is 0 Å². The number of hydrogen-bond donors (Lipinski definition) is 2. The van der Waals surface area contributed by atoms with Crippen LogP contribution in [0.4, 0.5) is 5.69 Å². The van der Waals surface area contributed by atoms with Gasteiger partial charge in [-0.3, -0.25) is 4.79 Å². The van der Waals surface area contributed by atoms with Crippen molar-refractivity contribution in [2.45, 2.75) is 33.3 Å². The summed E-state index contributed by atoms with van der Waals surface area (Å²) in [5.74, 6) is -0.0440. The molecule has 0 saturated carbocycles. The van der Waals surface area contributed by atoms with Crippen LogP contribution in [0.5, 0.6) is 0 Å². The number of fused-ring (bicyclic) bond motifs is 1. The number of nitrogens with zero attached hydrogens (tertiary/aromatic N) is 1. The van der Waals surface area contributed by atoms with Gasteiger partial charge in [-0.15, -0.1) is 0 Å². The van der Waals surface area contributed by atoms with E-state index in [-0.39, 0.29) is 12.5 Å². The highest BCUT2D eigenvalue weighted by atomic mass is 16.3. The molecule has 1 aromatic carbocycles. The molecule has 1 atom stereocenters. The Balaban J connectivity index is 2.00. The Hall–Kier alpha value is -1.55. The van der Waals surface area contributed by atoms with Crippen LogP contribution in [0.3, 0.4) is 0 Å². The van der Waals surface area contributed by atoms with Crippen molar-refractivity contribution >= 4 is 11.6 Å². The molecule has 1 amide bonds. The number of anilines is 1. The zero-order chi connectivity index (χ0) is 14.9. The van der Waals surface area contributed by atoms with Crippen molar-refractivity contribution in [3.8, 4) is 0 Å². The molecular formula is C16H24N2O2. The number of benzene rings is 1. The number of carbonyl (C=O) groups is 1. The summed E-state index contributed by atoms with van der Waals surface area (Å²) in [7, 11) is 2.07. The van der Waals surface area contributed by atoms with Crippen LogP contribution in [-0.4, -0.2) is 31.2 Å². The SMILES string of the molecule is CN1CCc2cc([C@@H](O)CNC(=O)C(C)(C)C)ccc21. The van der Waals surface area contributed by atoms with Crippen molar-refractivity contribution in [1.29, 1.82) is 0 Å². The standard InChI is InChI=1S/C16H24N2O2/c1-16(2,3)15(20)17-10-14(19)12-5-6-13-11(9-12)7-8-18(13)4/h5-6,9,14,19H,7-8,10H2,1-4H3,(H,17,20)/t14-/m0/s1. The third-order valence-corrected chi connectivity index (χ3v) is 3.75. The number of aliphatic hydroxyl groups is 1. The second-order valence-corrected chi connectivity index (χ2v) is 6.54. The fourth-order valence-electron chi connectivity index (χ4n) is 2.37. The molecule has 0 aromatic heterocycles. The largest absolute Gasteiger partial charge is 0.387 e. The first kappa shape index (κ1) is 14.9. The lowest BCUT2D eigenvalue weighted by Crippen LogP contribution is -2.37. The quantitative estimate of drug-likeness (QED) is 0.886. The summed E-state index contributed by atoms with van der Waals surface area (Å²) in [5.41, 5.74) is 2.94. The first-order valence-corrected chi connectivity index (χ1v) is 7.09. The van der Waals surface area contributed by atoms with Crippen LogP contribution in [-0.2, 0) is 11.2 Å². The molecule has 0 aliphatic carbocycles. The molecule has 0 bridgehead atoms. The number of amides is 1. The number of aliphatic hydroxyl groups excluding tert-OH is 1. The molecule has 0 saturated heterocycles. The number of nitrogens with one attached hydrogen (secondary N) is 1. The van der Waals surface area contributed by atoms with Gasteiger partial charge in [-0.1, -0.05) is 32.9 Å². The molecule has 1 heterocycles. The van der Waals surface area contributed by atoms with Gasteiger partial charge >= 0.3 is 0 Å². The number of rotatable bonds is 3. The molecule has 1 aliphatic heterocycles. The smallest absolute Gasteiger partial charge is 0.225 e. The van der Waals surface area contributed by atoms with E-state index in [2.05, 4.69) is 17.3 Å². The zero-order valence-electron chi connectivity index (χ0n) is 12.7. The van der Waals surface area contributed by atoms with E-state index in [0.29, 0.717) is 0 Å². The van der Waals surface area contributed by atoms with Gasteiger partial charge in [-0.2, -0.15) is 0 Å². The van der Waals surface area contributed by atoms with Crippen LogP contribution in [0.2, 0.25) is 0 Å². The number of likely N-dealkylation sites (N-methyl/N-ethyl adjacent to an activating group) is 1. The first-order chi connectivity index (χ1) is 9.29. The Morgan fingerprint density at radius 1 is 1.45 bits per heavy atom. The molecule has 4 nitrogen and oxygen atoms in total. The Morgan fingerprint density at radius 2 is 2.15 bits per heavy atom. The number of hydrogen-bond acceptors (Lipinski definition) is 3. The summed E-state index contributed by atoms with van der Waals surface area (Å²) in [6, 6.07) is 6.04. The minimum atomic E-state index is -0.655. The minimum absolute atomic E-state index is 0.0440. The molecule has 0 radical (unpaired) electrons. The highest BCUT2D eigenvalue weighted by Gasteiger charge is 2.22. The molecule has 1 aromatic rings. The Labute approximate surface area is 120 Å². The molecule has 0 fully saturated rings. The van der Waals surface area contributed by atoms with Gasteiger partial charge in [0.15, 0.2) is 0 Å². The van der Waals surface area contributed by atoms with E-state index < -0.39 is 11.5 Å². The third kappa shape index (κ3) is 3.12. The summed E-state index contributed by atoms with van der Waals surface area (Å²) < 4.78 is 0. The highest BCUT2D eigenvalue weighted by molar-refractivity contribution is 5.81. The van der Waals surface area contributed by atoms with Gasteiger partial charge in [0.2, 0.25) is 5.91 Å². The fourth-order valence-corrected chi connectivity index (χ4v) is 2.37. The lowest BCUT2D eigenvalue weighted by Gasteiger charge is -2.20. The lowest BCUT2D eigenvalue weighted by molar-refractivity contribution is -0.128. The van der Waals surface area contributed by atoms with Crippen LogP contribution in [0, 0.1) is 5.41 Å². The van der Waals surface area contributed by atoms with Gasteiger partial charge in [-0.25, -0.2) is 0 Å². The van der Waals surface area contributed by atoms with Gasteiger partial charge in [0.1, 0.15) is 0 Å². The van der Waals surface area contributed by atoms with Crippen molar-refractivity contribution in [2.24, 2.45) is 5.41 Å². The van der Waals surface area contributed by atoms with Gasteiger partial charge in [0, 0.05) is 31.2 Å². The second kappa shape index (κ2) is 5.44. The monoisotopic (exact) mass is 276 g/mol. The van der Waals surface area contributed by atoms with Crippen LogP contribution < -0.4 is 10.2 Å². The average molecular weight is 276 g/mol. The van der Waals surface area contributed by atoms with Crippen LogP contribution in [0.25, 0.3) is 0 Å². The lowest BCUT2D eigenvalue weighted by atomic mass is 9.95. The van der Waals surface area contributed by atoms with Crippen molar-refractivity contribution in [3.63, 3.8) is 0 Å². The molecule has 2 N–H and O–H groups in total. The summed E-state index contributed by atoms with van der Waals surface area (Å²) in [4.78, 5) is 14.0. The first-order valence-electron chi connectivity index (χ1n) is 7.09. The average Bonchev–Trinajstić information content (AvgIpc) is 2.75. The van der Waals surface area contributed by atoms with E-state index in [0.717, 1.165) is 18.5 Å². The molecule has 0 unspecified atom stereocenters. The molecular weight excluding hydrogens is 252 g/mol. The zero-order valence-corrected chi connectivity index (χ0v) is 12.7. The van der Waals surface area contributed by atoms with Gasteiger partial charge < -0.3 is 15.3 Å². The van der Waals surface area contributed by atoms with Crippen LogP contribution in [0.1, 0.15) is 38.0 Å². The summed E-state index contributed by atoms with van der Waals surface area (Å²) in [6.07, 6.45) is 0.360. The molecule has 1 aliphatic rings. The predicted octanol–water partition coefficient (Wildman–Crippen LogP) is 1.87. The minimum Gasteiger partial charge on any atom is -0.387 e. The summed E-state index contributed by atoms with van der Waals surface area (Å²) in [5, 5.41) is 13.0. The van der Waals surface area contributed by atoms with E-state index in [1.165, 1.54) is 11.3 Å². The fraction of sp³-hybridized carbons (Fsp3) is 0.562. The van der Waals surface area contributed by atoms with E-state index in [4.69, 9.17) is 0 Å². The topological polar surface area (TPSA) is 52.6 Å². The van der Waals surface area contributed by atoms with Gasteiger partial charge in [-0.05, 0) is 23.6 Å². The van der Waals surface area contributed by atoms with Crippen molar-refractivity contribution < 1.29 is 9.90 Å². The van der Waals surface area contributed by atoms with Crippen molar-refractivity contribution in [2.75, 3.05) is 25.0 Å². The maximum atomic E-state index is 11.8. The second-order valence-electron chi connectivity index (χ2n) is 6.54. The Morgan fingerprint density at radius 3 is 2.80 bits per heavy atom. The summed E-state index contributed by atoms with van der Waals surface area (Å²) in [6.45, 7) is 6.86. The maximum Gasteiger partial charge on any atom is 0.225 e. The van der Waals surface area contributed by atoms with Gasteiger partial charge in [0.05, 0.1) is 6.10 Å². The summed E-state index contributed by atoms with van der Waals surface area (Å²) >= 11 is 0. The van der Waals surface area contributed by atoms with E-state index in [9.17, 15) is 9.90 Å². The predicted molar refractivity (Wildman–Crippen MR) is 80.8 cm³/mol. The van der Waals surface area contributed by atoms with Crippen molar-refractivity contribution in [1.82, 2.24) is 5.32 Å². The van der Waals surface area contributed by atoms with E-state index in [1.807, 2.05) is 39.0 Å². The highest BCUT2D eigenvalue weighted by Crippen LogP contribution is 2.29. The van der Waals surface area contributed by atoms with E-state index in [1.54, 1.807) is 0 Å². The third-order valence-electron chi connectivity index (χ3n) is 3.75. The normalized spacial score (nSPS) is 15.9. The molecule has 110 valence electrons.